The number of para-hydroxylation sites is 2. The maximum absolute atomic E-state index is 13.2. The number of ketones is 1. The van der Waals surface area contributed by atoms with Crippen LogP contribution in [0, 0.1) is 0 Å². The van der Waals surface area contributed by atoms with Crippen molar-refractivity contribution < 1.29 is 24.2 Å². The molecule has 4 rings (SSSR count). The fraction of sp³-hybridized carbons (Fsp3) is 0.179. The topological polar surface area (TPSA) is 97.6 Å². The Labute approximate surface area is 203 Å². The number of amides is 1. The molecule has 0 aliphatic heterocycles. The average Bonchev–Trinajstić information content (AvgIpc) is 3.27. The van der Waals surface area contributed by atoms with Crippen molar-refractivity contribution in [3.63, 3.8) is 0 Å². The Kier molecular flexibility index (Phi) is 6.96. The number of carbonyl (C=O) groups is 3. The van der Waals surface area contributed by atoms with Gasteiger partial charge in [0.05, 0.1) is 36.3 Å². The largest absolute Gasteiger partial charge is 0.508 e. The average molecular weight is 471 g/mol. The van der Waals surface area contributed by atoms with E-state index < -0.39 is 5.97 Å². The lowest BCUT2D eigenvalue weighted by atomic mass is 10.0. The molecule has 1 atom stereocenters. The van der Waals surface area contributed by atoms with Crippen molar-refractivity contribution in [1.29, 1.82) is 0 Å². The summed E-state index contributed by atoms with van der Waals surface area (Å²) >= 11 is 0. The van der Waals surface area contributed by atoms with E-state index in [-0.39, 0.29) is 36.4 Å². The molecular formula is C28H26N2O5. The molecule has 4 aromatic rings. The summed E-state index contributed by atoms with van der Waals surface area (Å²) in [6.45, 7) is 1.94. The third-order valence-corrected chi connectivity index (χ3v) is 5.94. The molecule has 7 nitrogen and oxygen atoms in total. The van der Waals surface area contributed by atoms with Gasteiger partial charge in [-0.3, -0.25) is 9.59 Å². The minimum absolute atomic E-state index is 0.0761. The van der Waals surface area contributed by atoms with Crippen LogP contribution in [0.25, 0.3) is 10.9 Å². The van der Waals surface area contributed by atoms with Crippen LogP contribution in [0.1, 0.15) is 44.8 Å². The quantitative estimate of drug-likeness (QED) is 0.371. The van der Waals surface area contributed by atoms with Crippen LogP contribution in [0.2, 0.25) is 0 Å². The lowest BCUT2D eigenvalue weighted by Gasteiger charge is -2.16. The van der Waals surface area contributed by atoms with Gasteiger partial charge in [0.2, 0.25) is 0 Å². The molecule has 1 aromatic heterocycles. The van der Waals surface area contributed by atoms with Gasteiger partial charge in [-0.25, -0.2) is 4.79 Å². The third kappa shape index (κ3) is 5.24. The Bertz CT molecular complexity index is 1390. The van der Waals surface area contributed by atoms with E-state index in [9.17, 15) is 19.5 Å². The third-order valence-electron chi connectivity index (χ3n) is 5.94. The number of phenols is 1. The fourth-order valence-electron chi connectivity index (χ4n) is 4.08. The summed E-state index contributed by atoms with van der Waals surface area (Å²) in [6, 6.07) is 20.6. The van der Waals surface area contributed by atoms with Crippen molar-refractivity contribution in [3.8, 4) is 5.75 Å². The molecule has 0 aliphatic carbocycles. The predicted molar refractivity (Wildman–Crippen MR) is 132 cm³/mol. The number of rotatable bonds is 8. The fourth-order valence-corrected chi connectivity index (χ4v) is 4.08. The van der Waals surface area contributed by atoms with E-state index in [4.69, 9.17) is 4.74 Å². The first-order valence-corrected chi connectivity index (χ1v) is 11.2. The Hall–Kier alpha value is -4.39. The molecule has 3 aromatic carbocycles. The highest BCUT2D eigenvalue weighted by atomic mass is 16.5. The van der Waals surface area contributed by atoms with Crippen molar-refractivity contribution in [2.45, 2.75) is 25.9 Å². The van der Waals surface area contributed by atoms with Crippen molar-refractivity contribution in [3.05, 3.63) is 101 Å². The number of aromatic hydroxyl groups is 1. The summed E-state index contributed by atoms with van der Waals surface area (Å²) in [5.41, 5.74) is 2.97. The Morgan fingerprint density at radius 2 is 1.71 bits per heavy atom. The molecule has 0 radical (unpaired) electrons. The molecule has 7 heteroatoms. The van der Waals surface area contributed by atoms with Crippen LogP contribution in [-0.2, 0) is 22.5 Å². The second kappa shape index (κ2) is 10.3. The van der Waals surface area contributed by atoms with Gasteiger partial charge in [0.15, 0.2) is 5.78 Å². The summed E-state index contributed by atoms with van der Waals surface area (Å²) in [6.07, 6.45) is 1.89. The van der Waals surface area contributed by atoms with Crippen LogP contribution >= 0.6 is 0 Å². The van der Waals surface area contributed by atoms with Crippen molar-refractivity contribution >= 4 is 28.6 Å². The van der Waals surface area contributed by atoms with Crippen LogP contribution in [0.5, 0.6) is 5.75 Å². The second-order valence-electron chi connectivity index (χ2n) is 8.34. The number of methoxy groups -OCH3 is 1. The molecule has 178 valence electrons. The number of ether oxygens (including phenoxy) is 1. The van der Waals surface area contributed by atoms with Crippen molar-refractivity contribution in [1.82, 2.24) is 9.88 Å². The molecule has 0 bridgehead atoms. The predicted octanol–water partition coefficient (Wildman–Crippen LogP) is 4.44. The number of aromatic nitrogens is 1. The number of hydrogen-bond acceptors (Lipinski definition) is 5. The highest BCUT2D eigenvalue weighted by Gasteiger charge is 2.18. The van der Waals surface area contributed by atoms with Gasteiger partial charge in [-0.1, -0.05) is 42.5 Å². The first-order chi connectivity index (χ1) is 16.9. The van der Waals surface area contributed by atoms with Gasteiger partial charge in [-0.2, -0.15) is 0 Å². The second-order valence-corrected chi connectivity index (χ2v) is 8.34. The maximum atomic E-state index is 13.2. The zero-order valence-corrected chi connectivity index (χ0v) is 19.5. The normalized spacial score (nSPS) is 11.7. The maximum Gasteiger partial charge on any atom is 0.337 e. The molecule has 0 unspecified atom stereocenters. The number of nitrogens with zero attached hydrogens (tertiary/aromatic N) is 1. The minimum atomic E-state index is -0.419. The van der Waals surface area contributed by atoms with E-state index in [1.165, 1.54) is 7.11 Å². The zero-order valence-electron chi connectivity index (χ0n) is 19.5. The number of benzene rings is 3. The Balaban J connectivity index is 1.52. The van der Waals surface area contributed by atoms with Gasteiger partial charge >= 0.3 is 5.97 Å². The van der Waals surface area contributed by atoms with E-state index in [1.807, 2.05) is 19.1 Å². The standard InChI is InChI=1S/C28H26N2O5/c1-18(19-10-12-21(13-11-19)28(34)35-2)29-27(33)24-8-5-7-20-14-15-30(26(20)24)17-23(31)16-22-6-3-4-9-25(22)32/h3-15,18,32H,16-17H2,1-2H3,(H,29,33)/t18-/m0/s1. The van der Waals surface area contributed by atoms with Gasteiger partial charge < -0.3 is 19.7 Å². The van der Waals surface area contributed by atoms with Gasteiger partial charge in [0, 0.05) is 23.6 Å². The number of carbonyl (C=O) groups excluding carboxylic acids is 3. The molecule has 1 amide bonds. The first-order valence-electron chi connectivity index (χ1n) is 11.2. The lowest BCUT2D eigenvalue weighted by molar-refractivity contribution is -0.118. The Morgan fingerprint density at radius 1 is 0.971 bits per heavy atom. The zero-order chi connectivity index (χ0) is 24.9. The number of nitrogens with one attached hydrogen (secondary N) is 1. The molecule has 1 heterocycles. The van der Waals surface area contributed by atoms with Gasteiger partial charge in [0.25, 0.3) is 5.91 Å². The van der Waals surface area contributed by atoms with E-state index in [1.54, 1.807) is 71.4 Å². The lowest BCUT2D eigenvalue weighted by Crippen LogP contribution is -2.27. The molecule has 0 fully saturated rings. The summed E-state index contributed by atoms with van der Waals surface area (Å²) in [5.74, 6) is -0.684. The van der Waals surface area contributed by atoms with Crippen LogP contribution in [0.3, 0.4) is 0 Å². The summed E-state index contributed by atoms with van der Waals surface area (Å²) in [5, 5.41) is 13.8. The van der Waals surface area contributed by atoms with E-state index in [0.29, 0.717) is 22.2 Å². The first kappa shape index (κ1) is 23.8. The van der Waals surface area contributed by atoms with Gasteiger partial charge in [-0.15, -0.1) is 0 Å². The highest BCUT2D eigenvalue weighted by molar-refractivity contribution is 6.06. The molecule has 2 N–H and O–H groups in total. The van der Waals surface area contributed by atoms with Gasteiger partial charge in [-0.05, 0) is 42.8 Å². The van der Waals surface area contributed by atoms with Crippen LogP contribution in [-0.4, -0.2) is 34.4 Å². The summed E-state index contributed by atoms with van der Waals surface area (Å²) in [4.78, 5) is 37.6. The van der Waals surface area contributed by atoms with E-state index >= 15 is 0 Å². The van der Waals surface area contributed by atoms with Crippen molar-refractivity contribution in [2.24, 2.45) is 0 Å². The van der Waals surface area contributed by atoms with Crippen LogP contribution in [0.15, 0.2) is 79.0 Å². The number of hydrogen-bond donors (Lipinski definition) is 2. The molecule has 0 saturated carbocycles. The number of Topliss-reactive ketones (excluding diaryl/α,β-unsaturated/α-hetero) is 1. The van der Waals surface area contributed by atoms with Crippen LogP contribution in [0.4, 0.5) is 0 Å². The van der Waals surface area contributed by atoms with Crippen LogP contribution < -0.4 is 5.32 Å². The minimum Gasteiger partial charge on any atom is -0.508 e. The highest BCUT2D eigenvalue weighted by Crippen LogP contribution is 2.23. The molecule has 0 spiro atoms. The molecule has 35 heavy (non-hydrogen) atoms. The Morgan fingerprint density at radius 3 is 2.43 bits per heavy atom. The number of fused-ring (bicyclic) bond motifs is 1. The SMILES string of the molecule is COC(=O)c1ccc([C@H](C)NC(=O)c2cccc3ccn(CC(=O)Cc4ccccc4O)c23)cc1. The van der Waals surface area contributed by atoms with Crippen molar-refractivity contribution in [2.75, 3.05) is 7.11 Å². The monoisotopic (exact) mass is 470 g/mol. The smallest absolute Gasteiger partial charge is 0.337 e. The van der Waals surface area contributed by atoms with Gasteiger partial charge in [0.1, 0.15) is 5.75 Å². The molecule has 0 saturated heterocycles. The summed E-state index contributed by atoms with van der Waals surface area (Å²) in [7, 11) is 1.33. The van der Waals surface area contributed by atoms with E-state index in [2.05, 4.69) is 5.32 Å². The molecule has 0 aliphatic rings. The number of esters is 1. The number of phenolic OH excluding ortho intramolecular Hbond substituents is 1. The molecular weight excluding hydrogens is 444 g/mol. The van der Waals surface area contributed by atoms with E-state index in [0.717, 1.165) is 10.9 Å². The summed E-state index contributed by atoms with van der Waals surface area (Å²) < 4.78 is 6.49.